The second kappa shape index (κ2) is 6.83. The van der Waals surface area contributed by atoms with Gasteiger partial charge in [0, 0.05) is 17.7 Å². The van der Waals surface area contributed by atoms with Crippen LogP contribution in [0.4, 0.5) is 5.69 Å². The number of allylic oxidation sites excluding steroid dienone is 2. The fraction of sp³-hybridized carbons (Fsp3) is 0.455. The van der Waals surface area contributed by atoms with E-state index in [0.29, 0.717) is 11.8 Å². The lowest BCUT2D eigenvalue weighted by Crippen LogP contribution is -2.45. The molecule has 7 atom stereocenters. The van der Waals surface area contributed by atoms with Gasteiger partial charge in [-0.05, 0) is 49.1 Å². The number of nitro benzene ring substituents is 1. The van der Waals surface area contributed by atoms with Gasteiger partial charge in [0.2, 0.25) is 11.8 Å². The van der Waals surface area contributed by atoms with E-state index in [4.69, 9.17) is 4.74 Å². The van der Waals surface area contributed by atoms with Gasteiger partial charge in [0.15, 0.2) is 12.4 Å². The number of hydrogen-bond acceptors (Lipinski definition) is 7. The Kier molecular flexibility index (Phi) is 4.32. The van der Waals surface area contributed by atoms with Gasteiger partial charge in [-0.3, -0.25) is 29.4 Å². The van der Waals surface area contributed by atoms with Crippen LogP contribution >= 0.6 is 0 Å². The number of amides is 2. The maximum absolute atomic E-state index is 13.0. The number of nitrogens with zero attached hydrogens (tertiary/aromatic N) is 2. The zero-order valence-corrected chi connectivity index (χ0v) is 16.7. The molecule has 1 saturated heterocycles. The molecule has 31 heavy (non-hydrogen) atoms. The van der Waals surface area contributed by atoms with Gasteiger partial charge in [0.25, 0.3) is 5.69 Å². The average Bonchev–Trinajstić information content (AvgIpc) is 3.55. The van der Waals surface area contributed by atoms with Gasteiger partial charge in [-0.25, -0.2) is 4.79 Å². The first-order valence-electron chi connectivity index (χ1n) is 10.3. The number of Topliss-reactive ketones (excluding diaryl/α,β-unsaturated/α-hetero) is 1. The van der Waals surface area contributed by atoms with Crippen molar-refractivity contribution in [3.05, 3.63) is 52.1 Å². The van der Waals surface area contributed by atoms with Crippen LogP contribution in [-0.4, -0.2) is 46.0 Å². The zero-order valence-electron chi connectivity index (χ0n) is 16.7. The Morgan fingerprint density at radius 2 is 1.65 bits per heavy atom. The lowest BCUT2D eigenvalue weighted by molar-refractivity contribution is -0.384. The van der Waals surface area contributed by atoms with Crippen molar-refractivity contribution in [2.24, 2.45) is 35.5 Å². The quantitative estimate of drug-likeness (QED) is 0.170. The van der Waals surface area contributed by atoms with E-state index in [1.165, 1.54) is 31.2 Å². The Morgan fingerprint density at radius 1 is 1.10 bits per heavy atom. The number of carbonyl (C=O) groups is 4. The van der Waals surface area contributed by atoms with Crippen LogP contribution in [0, 0.1) is 45.6 Å². The predicted molar refractivity (Wildman–Crippen MR) is 104 cm³/mol. The maximum atomic E-state index is 13.0. The molecule has 0 aromatic heterocycles. The van der Waals surface area contributed by atoms with Crippen LogP contribution in [0.1, 0.15) is 23.7 Å². The summed E-state index contributed by atoms with van der Waals surface area (Å²) in [5, 5.41) is 10.7. The number of ether oxygens (including phenoxy) is 1. The van der Waals surface area contributed by atoms with Gasteiger partial charge in [-0.2, -0.15) is 0 Å². The molecular formula is C22H20N2O7. The summed E-state index contributed by atoms with van der Waals surface area (Å²) in [5.74, 6) is -1.76. The summed E-state index contributed by atoms with van der Waals surface area (Å²) < 4.78 is 5.08. The van der Waals surface area contributed by atoms with Crippen LogP contribution in [0.25, 0.3) is 0 Å². The Hall–Kier alpha value is -3.36. The molecule has 2 amide bonds. The number of rotatable bonds is 6. The Morgan fingerprint density at radius 3 is 2.16 bits per heavy atom. The minimum absolute atomic E-state index is 0.0633. The fourth-order valence-electron chi connectivity index (χ4n) is 5.58. The maximum Gasteiger partial charge on any atom is 0.329 e. The standard InChI is InChI=1S/C22H20N2O7/c1-10(22(28)31-9-17(25)11-2-4-12(5-3-11)24(29)30)23-20(26)18-13-6-7-14(16-8-15(13)16)19(18)21(23)27/h2-7,10,13-16,18-19H,8-9H2,1H3/t10-,13+,14+,15+,16+,18-,19+/m0/s1. The van der Waals surface area contributed by atoms with Crippen molar-refractivity contribution in [2.75, 3.05) is 6.61 Å². The third kappa shape index (κ3) is 2.90. The molecular weight excluding hydrogens is 404 g/mol. The Balaban J connectivity index is 1.23. The smallest absolute Gasteiger partial charge is 0.329 e. The number of benzene rings is 1. The zero-order chi connectivity index (χ0) is 22.0. The van der Waals surface area contributed by atoms with E-state index in [1.807, 2.05) is 0 Å². The summed E-state index contributed by atoms with van der Waals surface area (Å²) in [6.07, 6.45) is 5.17. The highest BCUT2D eigenvalue weighted by atomic mass is 16.6. The third-order valence-electron chi connectivity index (χ3n) is 7.17. The number of carbonyl (C=O) groups excluding carboxylic acids is 4. The SMILES string of the molecule is C[C@@H](C(=O)OCC(=O)c1ccc([N+](=O)[O-])cc1)N1C(=O)[C@@H]2[C@@H]3C=C[C@H]([C@H]4C[C@H]34)[C@@H]2C1=O. The minimum atomic E-state index is -1.12. The summed E-state index contributed by atoms with van der Waals surface area (Å²) >= 11 is 0. The second-order valence-corrected chi connectivity index (χ2v) is 8.71. The van der Waals surface area contributed by atoms with Crippen LogP contribution < -0.4 is 0 Å². The van der Waals surface area contributed by atoms with Gasteiger partial charge in [-0.15, -0.1) is 0 Å². The van der Waals surface area contributed by atoms with Crippen LogP contribution in [0.15, 0.2) is 36.4 Å². The molecule has 6 rings (SSSR count). The molecule has 3 fully saturated rings. The minimum Gasteiger partial charge on any atom is -0.456 e. The van der Waals surface area contributed by atoms with Crippen molar-refractivity contribution in [1.82, 2.24) is 4.90 Å². The van der Waals surface area contributed by atoms with E-state index < -0.39 is 41.2 Å². The van der Waals surface area contributed by atoms with E-state index in [-0.39, 0.29) is 34.9 Å². The number of esters is 1. The highest BCUT2D eigenvalue weighted by molar-refractivity contribution is 6.09. The summed E-state index contributed by atoms with van der Waals surface area (Å²) in [5.41, 5.74) is 0.00283. The van der Waals surface area contributed by atoms with Crippen LogP contribution in [0.2, 0.25) is 0 Å². The molecule has 9 nitrogen and oxygen atoms in total. The van der Waals surface area contributed by atoms with E-state index in [9.17, 15) is 29.3 Å². The topological polar surface area (TPSA) is 124 Å². The predicted octanol–water partition coefficient (Wildman–Crippen LogP) is 1.76. The van der Waals surface area contributed by atoms with Gasteiger partial charge in [0.05, 0.1) is 16.8 Å². The van der Waals surface area contributed by atoms with E-state index >= 15 is 0 Å². The van der Waals surface area contributed by atoms with Crippen molar-refractivity contribution in [3.8, 4) is 0 Å². The van der Waals surface area contributed by atoms with E-state index in [1.54, 1.807) is 0 Å². The summed E-state index contributed by atoms with van der Waals surface area (Å²) in [6.45, 7) is 0.850. The molecule has 5 aliphatic rings. The highest BCUT2D eigenvalue weighted by Gasteiger charge is 2.67. The Bertz CT molecular complexity index is 1010. The van der Waals surface area contributed by atoms with Gasteiger partial charge < -0.3 is 4.74 Å². The monoisotopic (exact) mass is 424 g/mol. The molecule has 1 aliphatic heterocycles. The number of non-ortho nitro benzene ring substituents is 1. The van der Waals surface area contributed by atoms with E-state index in [0.717, 1.165) is 11.3 Å². The Labute approximate surface area is 177 Å². The molecule has 2 bridgehead atoms. The molecule has 1 aromatic carbocycles. The number of nitro groups is 1. The van der Waals surface area contributed by atoms with E-state index in [2.05, 4.69) is 12.2 Å². The van der Waals surface area contributed by atoms with Gasteiger partial charge >= 0.3 is 5.97 Å². The molecule has 9 heteroatoms. The summed E-state index contributed by atoms with van der Waals surface area (Å²) in [6, 6.07) is 3.82. The number of ketones is 1. The molecule has 2 saturated carbocycles. The molecule has 4 aliphatic carbocycles. The van der Waals surface area contributed by atoms with Gasteiger partial charge in [0.1, 0.15) is 6.04 Å². The first-order valence-corrected chi connectivity index (χ1v) is 10.3. The molecule has 1 aromatic rings. The molecule has 0 spiro atoms. The number of imide groups is 1. The number of hydrogen-bond donors (Lipinski definition) is 0. The number of likely N-dealkylation sites (tertiary alicyclic amines) is 1. The average molecular weight is 424 g/mol. The van der Waals surface area contributed by atoms with Crippen molar-refractivity contribution in [2.45, 2.75) is 19.4 Å². The normalized spacial score (nSPS) is 33.0. The van der Waals surface area contributed by atoms with Gasteiger partial charge in [-0.1, -0.05) is 12.2 Å². The molecule has 1 heterocycles. The largest absolute Gasteiger partial charge is 0.456 e. The van der Waals surface area contributed by atoms with Crippen molar-refractivity contribution in [3.63, 3.8) is 0 Å². The first kappa shape index (κ1) is 19.6. The molecule has 0 unspecified atom stereocenters. The second-order valence-electron chi connectivity index (χ2n) is 8.71. The first-order chi connectivity index (χ1) is 14.8. The molecule has 0 radical (unpaired) electrons. The van der Waals surface area contributed by atoms with Crippen molar-refractivity contribution in [1.29, 1.82) is 0 Å². The summed E-state index contributed by atoms with van der Waals surface area (Å²) in [4.78, 5) is 62.0. The highest BCUT2D eigenvalue weighted by Crippen LogP contribution is 2.65. The van der Waals surface area contributed by atoms with Crippen LogP contribution in [-0.2, 0) is 19.1 Å². The molecule has 0 N–H and O–H groups in total. The van der Waals surface area contributed by atoms with Crippen LogP contribution in [0.5, 0.6) is 0 Å². The van der Waals surface area contributed by atoms with Crippen molar-refractivity contribution < 1.29 is 28.8 Å². The van der Waals surface area contributed by atoms with Crippen LogP contribution in [0.3, 0.4) is 0 Å². The lowest BCUT2D eigenvalue weighted by atomic mass is 9.63. The fourth-order valence-corrected chi connectivity index (χ4v) is 5.58. The van der Waals surface area contributed by atoms with Crippen molar-refractivity contribution >= 4 is 29.3 Å². The third-order valence-corrected chi connectivity index (χ3v) is 7.17. The molecule has 160 valence electrons. The summed E-state index contributed by atoms with van der Waals surface area (Å²) in [7, 11) is 0. The lowest BCUT2D eigenvalue weighted by Gasteiger charge is -2.37.